The Hall–Kier alpha value is -1.13. The van der Waals surface area contributed by atoms with Crippen LogP contribution in [0.25, 0.3) is 0 Å². The first kappa shape index (κ1) is 10.4. The molecule has 0 aliphatic heterocycles. The van der Waals surface area contributed by atoms with Crippen LogP contribution in [0, 0.1) is 5.82 Å². The van der Waals surface area contributed by atoms with E-state index in [2.05, 4.69) is 0 Å². The predicted molar refractivity (Wildman–Crippen MR) is 56.0 cm³/mol. The van der Waals surface area contributed by atoms with Crippen LogP contribution in [0.3, 0.4) is 0 Å². The molecule has 1 unspecified atom stereocenters. The number of ether oxygens (including phenoxy) is 1. The largest absolute Gasteiger partial charge is 0.494 e. The molecule has 0 aromatic heterocycles. The molecule has 2 rings (SSSR count). The summed E-state index contributed by atoms with van der Waals surface area (Å²) in [5.74, 6) is -0.164. The van der Waals surface area contributed by atoms with Crippen molar-refractivity contribution in [2.24, 2.45) is 11.5 Å². The van der Waals surface area contributed by atoms with Crippen molar-refractivity contribution >= 4 is 0 Å². The standard InChI is InChI=1S/C11H15FN2O/c1-15-9-3-2-7(6-8(9)12)10(13)11(14)4-5-11/h2-3,6,10H,4-5,13-14H2,1H3. The molecule has 3 nitrogen and oxygen atoms in total. The van der Waals surface area contributed by atoms with Crippen molar-refractivity contribution in [2.75, 3.05) is 7.11 Å². The highest BCUT2D eigenvalue weighted by molar-refractivity contribution is 5.33. The second kappa shape index (κ2) is 3.47. The van der Waals surface area contributed by atoms with Gasteiger partial charge in [-0.3, -0.25) is 0 Å². The Morgan fingerprint density at radius 1 is 1.47 bits per heavy atom. The molecule has 1 aromatic rings. The van der Waals surface area contributed by atoms with E-state index in [0.717, 1.165) is 18.4 Å². The molecule has 1 aliphatic carbocycles. The molecular weight excluding hydrogens is 195 g/mol. The summed E-state index contributed by atoms with van der Waals surface area (Å²) in [6.45, 7) is 0. The highest BCUT2D eigenvalue weighted by Crippen LogP contribution is 2.42. The van der Waals surface area contributed by atoms with Gasteiger partial charge < -0.3 is 16.2 Å². The third kappa shape index (κ3) is 1.82. The van der Waals surface area contributed by atoms with Gasteiger partial charge in [0.25, 0.3) is 0 Å². The van der Waals surface area contributed by atoms with E-state index in [0.29, 0.717) is 0 Å². The lowest BCUT2D eigenvalue weighted by Crippen LogP contribution is -2.36. The zero-order chi connectivity index (χ0) is 11.1. The van der Waals surface area contributed by atoms with Crippen molar-refractivity contribution in [3.8, 4) is 5.75 Å². The maximum Gasteiger partial charge on any atom is 0.165 e. The van der Waals surface area contributed by atoms with Gasteiger partial charge in [0, 0.05) is 11.6 Å². The van der Waals surface area contributed by atoms with Crippen molar-refractivity contribution in [1.29, 1.82) is 0 Å². The van der Waals surface area contributed by atoms with Crippen LogP contribution in [0.4, 0.5) is 4.39 Å². The molecule has 0 radical (unpaired) electrons. The number of hydrogen-bond acceptors (Lipinski definition) is 3. The van der Waals surface area contributed by atoms with Crippen LogP contribution in [-0.4, -0.2) is 12.6 Å². The Morgan fingerprint density at radius 3 is 2.60 bits per heavy atom. The Morgan fingerprint density at radius 2 is 2.13 bits per heavy atom. The molecule has 1 aliphatic rings. The molecule has 82 valence electrons. The van der Waals surface area contributed by atoms with Gasteiger partial charge in [-0.2, -0.15) is 0 Å². The molecule has 1 atom stereocenters. The van der Waals surface area contributed by atoms with E-state index in [1.807, 2.05) is 0 Å². The Kier molecular flexibility index (Phi) is 2.40. The van der Waals surface area contributed by atoms with E-state index in [1.165, 1.54) is 13.2 Å². The van der Waals surface area contributed by atoms with Gasteiger partial charge in [0.15, 0.2) is 11.6 Å². The lowest BCUT2D eigenvalue weighted by Gasteiger charge is -2.19. The summed E-state index contributed by atoms with van der Waals surface area (Å²) in [6, 6.07) is 4.45. The van der Waals surface area contributed by atoms with Crippen molar-refractivity contribution in [1.82, 2.24) is 0 Å². The van der Waals surface area contributed by atoms with Crippen molar-refractivity contribution in [3.05, 3.63) is 29.6 Å². The third-order valence-electron chi connectivity index (χ3n) is 2.98. The fourth-order valence-corrected chi connectivity index (χ4v) is 1.66. The van der Waals surface area contributed by atoms with Crippen molar-refractivity contribution < 1.29 is 9.13 Å². The first-order chi connectivity index (χ1) is 7.07. The van der Waals surface area contributed by atoms with Crippen molar-refractivity contribution in [2.45, 2.75) is 24.4 Å². The molecule has 1 fully saturated rings. The quantitative estimate of drug-likeness (QED) is 0.791. The minimum Gasteiger partial charge on any atom is -0.494 e. The summed E-state index contributed by atoms with van der Waals surface area (Å²) in [4.78, 5) is 0. The number of hydrogen-bond donors (Lipinski definition) is 2. The van der Waals surface area contributed by atoms with E-state index in [9.17, 15) is 4.39 Å². The maximum atomic E-state index is 13.4. The van der Waals surface area contributed by atoms with Crippen LogP contribution >= 0.6 is 0 Å². The predicted octanol–water partition coefficient (Wildman–Crippen LogP) is 1.33. The van der Waals surface area contributed by atoms with Gasteiger partial charge in [-0.25, -0.2) is 4.39 Å². The fraction of sp³-hybridized carbons (Fsp3) is 0.455. The molecule has 0 heterocycles. The molecule has 15 heavy (non-hydrogen) atoms. The van der Waals surface area contributed by atoms with Crippen LogP contribution < -0.4 is 16.2 Å². The SMILES string of the molecule is COc1ccc(C(N)C2(N)CC2)cc1F. The van der Waals surface area contributed by atoms with Gasteiger partial charge in [0.2, 0.25) is 0 Å². The van der Waals surface area contributed by atoms with Gasteiger partial charge in [0.1, 0.15) is 0 Å². The van der Waals surface area contributed by atoms with Gasteiger partial charge in [-0.1, -0.05) is 6.07 Å². The molecule has 0 amide bonds. The third-order valence-corrected chi connectivity index (χ3v) is 2.98. The van der Waals surface area contributed by atoms with E-state index in [-0.39, 0.29) is 17.3 Å². The highest BCUT2D eigenvalue weighted by atomic mass is 19.1. The van der Waals surface area contributed by atoms with E-state index in [1.54, 1.807) is 12.1 Å². The lowest BCUT2D eigenvalue weighted by molar-refractivity contribution is 0.385. The summed E-state index contributed by atoms with van der Waals surface area (Å²) in [7, 11) is 1.43. The van der Waals surface area contributed by atoms with Crippen LogP contribution in [-0.2, 0) is 0 Å². The lowest BCUT2D eigenvalue weighted by atomic mass is 9.99. The highest BCUT2D eigenvalue weighted by Gasteiger charge is 2.44. The summed E-state index contributed by atoms with van der Waals surface area (Å²) < 4.78 is 18.2. The Bertz CT molecular complexity index is 377. The molecule has 1 saturated carbocycles. The summed E-state index contributed by atoms with van der Waals surface area (Å²) in [6.07, 6.45) is 1.81. The normalized spacial score (nSPS) is 19.7. The molecule has 4 heteroatoms. The first-order valence-electron chi connectivity index (χ1n) is 4.95. The summed E-state index contributed by atoms with van der Waals surface area (Å²) in [5.41, 5.74) is 12.3. The molecule has 0 saturated heterocycles. The number of halogens is 1. The monoisotopic (exact) mass is 210 g/mol. The molecule has 4 N–H and O–H groups in total. The number of nitrogens with two attached hydrogens (primary N) is 2. The average molecular weight is 210 g/mol. The van der Waals surface area contributed by atoms with Crippen LogP contribution in [0.2, 0.25) is 0 Å². The molecule has 0 bridgehead atoms. The fourth-order valence-electron chi connectivity index (χ4n) is 1.66. The number of rotatable bonds is 3. The number of methoxy groups -OCH3 is 1. The molecular formula is C11H15FN2O. The minimum absolute atomic E-state index is 0.229. The van der Waals surface area contributed by atoms with E-state index in [4.69, 9.17) is 16.2 Å². The van der Waals surface area contributed by atoms with Crippen LogP contribution in [0.1, 0.15) is 24.4 Å². The van der Waals surface area contributed by atoms with Gasteiger partial charge in [-0.15, -0.1) is 0 Å². The van der Waals surface area contributed by atoms with E-state index < -0.39 is 5.82 Å². The zero-order valence-electron chi connectivity index (χ0n) is 8.66. The topological polar surface area (TPSA) is 61.3 Å². The van der Waals surface area contributed by atoms with Crippen molar-refractivity contribution in [3.63, 3.8) is 0 Å². The maximum absolute atomic E-state index is 13.4. The van der Waals surface area contributed by atoms with Crippen LogP contribution in [0.5, 0.6) is 5.75 Å². The summed E-state index contributed by atoms with van der Waals surface area (Å²) >= 11 is 0. The van der Waals surface area contributed by atoms with Gasteiger partial charge >= 0.3 is 0 Å². The Balaban J connectivity index is 2.26. The minimum atomic E-state index is -0.394. The molecule has 1 aromatic carbocycles. The molecule has 0 spiro atoms. The smallest absolute Gasteiger partial charge is 0.165 e. The second-order valence-electron chi connectivity index (χ2n) is 4.10. The summed E-state index contributed by atoms with van der Waals surface area (Å²) in [5, 5.41) is 0. The second-order valence-corrected chi connectivity index (χ2v) is 4.10. The zero-order valence-corrected chi connectivity index (χ0v) is 8.66. The van der Waals surface area contributed by atoms with Gasteiger partial charge in [-0.05, 0) is 30.5 Å². The van der Waals surface area contributed by atoms with Gasteiger partial charge in [0.05, 0.1) is 7.11 Å². The number of benzene rings is 1. The first-order valence-corrected chi connectivity index (χ1v) is 4.95. The Labute approximate surface area is 88.2 Å². The van der Waals surface area contributed by atoms with E-state index >= 15 is 0 Å². The van der Waals surface area contributed by atoms with Crippen LogP contribution in [0.15, 0.2) is 18.2 Å². The average Bonchev–Trinajstić information content (AvgIpc) is 2.96.